The molecule has 0 aliphatic heterocycles. The van der Waals surface area contributed by atoms with Crippen molar-refractivity contribution in [2.45, 2.75) is 66.2 Å². The number of nitrogens with one attached hydrogen (secondary N) is 1. The number of hydrogen-bond acceptors (Lipinski definition) is 4. The molecule has 0 fully saturated rings. The molecule has 0 radical (unpaired) electrons. The van der Waals surface area contributed by atoms with Crippen molar-refractivity contribution >= 4 is 69.3 Å². The fraction of sp³-hybridized carbons (Fsp3) is 0.263. The Morgan fingerprint density at radius 1 is 0.673 bits per heavy atom. The van der Waals surface area contributed by atoms with Gasteiger partial charge in [-0.05, 0) is 95.5 Å². The van der Waals surface area contributed by atoms with Crippen LogP contribution in [0.1, 0.15) is 63.8 Å². The Morgan fingerprint density at radius 3 is 1.65 bits per heavy atom. The summed E-state index contributed by atoms with van der Waals surface area (Å²) < 4.78 is 32.9. The van der Waals surface area contributed by atoms with Gasteiger partial charge >= 0.3 is 0 Å². The number of halogens is 5. The van der Waals surface area contributed by atoms with Crippen LogP contribution in [-0.4, -0.2) is 20.0 Å². The first kappa shape index (κ1) is 38.3. The Balaban J connectivity index is 0.000000185. The van der Waals surface area contributed by atoms with Gasteiger partial charge in [0.05, 0.1) is 28.9 Å². The molecule has 6 nitrogen and oxygen atoms in total. The van der Waals surface area contributed by atoms with Crippen molar-refractivity contribution in [2.75, 3.05) is 0 Å². The van der Waals surface area contributed by atoms with E-state index in [0.29, 0.717) is 16.5 Å². The SMILES string of the molecule is CC(C)(C)c1cc(F)c2c(=O)[nH]ncc2c1.Cc1c(Br)cccc1-n1ncc2cc(C(C)(C)C)cc(F)c2c1=O.Cc1c(Br)cccc1Br. The fourth-order valence-electron chi connectivity index (χ4n) is 4.86. The molecule has 4 aromatic carbocycles. The van der Waals surface area contributed by atoms with Crippen LogP contribution in [0.4, 0.5) is 8.78 Å². The maximum absolute atomic E-state index is 14.7. The molecule has 2 heterocycles. The molecule has 0 saturated carbocycles. The summed E-state index contributed by atoms with van der Waals surface area (Å²) in [6.07, 6.45) is 3.02. The summed E-state index contributed by atoms with van der Waals surface area (Å²) >= 11 is 10.3. The third-order valence-electron chi connectivity index (χ3n) is 7.96. The molecule has 0 aliphatic rings. The smallest absolute Gasteiger partial charge is 0.267 e. The van der Waals surface area contributed by atoms with Crippen LogP contribution in [0.2, 0.25) is 0 Å². The van der Waals surface area contributed by atoms with E-state index >= 15 is 0 Å². The van der Waals surface area contributed by atoms with Gasteiger partial charge in [0, 0.05) is 24.2 Å². The number of aromatic nitrogens is 4. The lowest BCUT2D eigenvalue weighted by molar-refractivity contribution is 0.576. The molecule has 49 heavy (non-hydrogen) atoms. The second-order valence-electron chi connectivity index (χ2n) is 13.6. The minimum atomic E-state index is -0.508. The molecule has 1 N–H and O–H groups in total. The molecular weight excluding hydrogens is 822 g/mol. The number of rotatable bonds is 1. The van der Waals surface area contributed by atoms with Gasteiger partial charge in [0.1, 0.15) is 11.6 Å². The minimum Gasteiger partial charge on any atom is -0.267 e. The first-order valence-corrected chi connectivity index (χ1v) is 17.7. The number of hydrogen-bond donors (Lipinski definition) is 1. The van der Waals surface area contributed by atoms with Crippen LogP contribution < -0.4 is 11.1 Å². The van der Waals surface area contributed by atoms with E-state index in [0.717, 1.165) is 30.1 Å². The van der Waals surface area contributed by atoms with Crippen LogP contribution in [0.3, 0.4) is 0 Å². The zero-order chi connectivity index (χ0) is 36.4. The van der Waals surface area contributed by atoms with E-state index in [1.807, 2.05) is 84.9 Å². The van der Waals surface area contributed by atoms with Crippen LogP contribution in [0.25, 0.3) is 27.2 Å². The summed E-state index contributed by atoms with van der Waals surface area (Å²) in [6, 6.07) is 18.1. The van der Waals surface area contributed by atoms with Crippen LogP contribution in [0.15, 0.2) is 96.1 Å². The van der Waals surface area contributed by atoms with Crippen LogP contribution in [-0.2, 0) is 10.8 Å². The number of fused-ring (bicyclic) bond motifs is 2. The van der Waals surface area contributed by atoms with Gasteiger partial charge in [-0.1, -0.05) is 101 Å². The first-order valence-electron chi connectivity index (χ1n) is 15.4. The van der Waals surface area contributed by atoms with E-state index in [-0.39, 0.29) is 21.6 Å². The molecule has 0 atom stereocenters. The molecule has 0 spiro atoms. The average Bonchev–Trinajstić information content (AvgIpc) is 3.01. The molecule has 0 bridgehead atoms. The number of H-pyrrole nitrogens is 1. The van der Waals surface area contributed by atoms with Crippen LogP contribution in [0, 0.1) is 25.5 Å². The average molecular weight is 859 g/mol. The summed E-state index contributed by atoms with van der Waals surface area (Å²) in [6.45, 7) is 16.0. The fourth-order valence-corrected chi connectivity index (χ4v) is 6.22. The van der Waals surface area contributed by atoms with E-state index in [1.165, 1.54) is 28.6 Å². The summed E-state index contributed by atoms with van der Waals surface area (Å²) in [7, 11) is 0. The van der Waals surface area contributed by atoms with Gasteiger partial charge < -0.3 is 0 Å². The molecule has 0 aliphatic carbocycles. The van der Waals surface area contributed by atoms with Crippen molar-refractivity contribution in [1.82, 2.24) is 20.0 Å². The largest absolute Gasteiger partial charge is 0.282 e. The van der Waals surface area contributed by atoms with E-state index in [9.17, 15) is 18.4 Å². The molecule has 11 heteroatoms. The number of benzene rings is 4. The minimum absolute atomic E-state index is 0.0670. The zero-order valence-corrected chi connectivity index (χ0v) is 33.2. The molecule has 0 amide bonds. The van der Waals surface area contributed by atoms with E-state index in [4.69, 9.17) is 0 Å². The quantitative estimate of drug-likeness (QED) is 0.179. The van der Waals surface area contributed by atoms with Gasteiger partial charge in [-0.2, -0.15) is 14.9 Å². The predicted molar refractivity (Wildman–Crippen MR) is 206 cm³/mol. The van der Waals surface area contributed by atoms with Gasteiger partial charge in [0.15, 0.2) is 0 Å². The molecule has 256 valence electrons. The van der Waals surface area contributed by atoms with Gasteiger partial charge in [-0.25, -0.2) is 13.9 Å². The van der Waals surface area contributed by atoms with Crippen molar-refractivity contribution < 1.29 is 8.78 Å². The van der Waals surface area contributed by atoms with Crippen molar-refractivity contribution in [2.24, 2.45) is 0 Å². The maximum Gasteiger partial charge on any atom is 0.282 e. The van der Waals surface area contributed by atoms with Crippen molar-refractivity contribution in [3.8, 4) is 5.69 Å². The lowest BCUT2D eigenvalue weighted by Crippen LogP contribution is -2.23. The lowest BCUT2D eigenvalue weighted by Gasteiger charge is -2.20. The van der Waals surface area contributed by atoms with Crippen molar-refractivity contribution in [3.05, 3.63) is 141 Å². The van der Waals surface area contributed by atoms with E-state index < -0.39 is 22.8 Å². The van der Waals surface area contributed by atoms with Gasteiger partial charge in [-0.3, -0.25) is 9.59 Å². The molecule has 6 aromatic rings. The number of nitrogens with zero attached hydrogens (tertiary/aromatic N) is 3. The molecule has 6 rings (SSSR count). The number of aromatic amines is 1. The zero-order valence-electron chi connectivity index (χ0n) is 28.5. The second-order valence-corrected chi connectivity index (χ2v) is 16.2. The Hall–Kier alpha value is -3.54. The van der Waals surface area contributed by atoms with E-state index in [2.05, 4.69) is 70.0 Å². The third-order valence-corrected chi connectivity index (χ3v) is 10.5. The highest BCUT2D eigenvalue weighted by atomic mass is 79.9. The van der Waals surface area contributed by atoms with Gasteiger partial charge in [-0.15, -0.1) is 0 Å². The van der Waals surface area contributed by atoms with Crippen LogP contribution in [0.5, 0.6) is 0 Å². The monoisotopic (exact) mass is 856 g/mol. The molecule has 2 aromatic heterocycles. The Kier molecular flexibility index (Phi) is 11.8. The predicted octanol–water partition coefficient (Wildman–Crippen LogP) is 10.8. The molecule has 0 unspecified atom stereocenters. The Labute approximate surface area is 309 Å². The standard InChI is InChI=1S/C19H18BrFN2O.C12H13FN2O.C7H6Br2/c1-11-14(20)6-5-7-16(11)23-18(24)17-12(10-22-23)8-13(9-15(17)21)19(2,3)4;1-12(2,3)8-4-7-6-14-15-11(16)10(7)9(13)5-8;1-5-6(8)3-2-4-7(5)9/h5-10H,1-4H3;4-6H,1-3H3,(H,15,16);2-4H,1H3. The maximum atomic E-state index is 14.7. The summed E-state index contributed by atoms with van der Waals surface area (Å²) in [5, 5.41) is 11.4. The van der Waals surface area contributed by atoms with E-state index in [1.54, 1.807) is 18.3 Å². The second kappa shape index (κ2) is 15.1. The topological polar surface area (TPSA) is 80.6 Å². The highest BCUT2D eigenvalue weighted by molar-refractivity contribution is 9.11. The van der Waals surface area contributed by atoms with Gasteiger partial charge in [0.25, 0.3) is 11.1 Å². The van der Waals surface area contributed by atoms with Crippen LogP contribution >= 0.6 is 47.8 Å². The lowest BCUT2D eigenvalue weighted by atomic mass is 9.86. The summed E-state index contributed by atoms with van der Waals surface area (Å²) in [4.78, 5) is 24.2. The first-order chi connectivity index (χ1) is 22.8. The Morgan fingerprint density at radius 2 is 1.14 bits per heavy atom. The van der Waals surface area contributed by atoms with Crippen molar-refractivity contribution in [1.29, 1.82) is 0 Å². The molecular formula is C38H37Br3F2N4O2. The Bertz CT molecular complexity index is 2270. The normalized spacial score (nSPS) is 11.5. The van der Waals surface area contributed by atoms with Gasteiger partial charge in [0.2, 0.25) is 0 Å². The third kappa shape index (κ3) is 8.80. The highest BCUT2D eigenvalue weighted by Crippen LogP contribution is 2.29. The van der Waals surface area contributed by atoms with Crippen molar-refractivity contribution in [3.63, 3.8) is 0 Å². The summed E-state index contributed by atoms with van der Waals surface area (Å²) in [5.74, 6) is -1.00. The summed E-state index contributed by atoms with van der Waals surface area (Å²) in [5.41, 5.74) is 3.14. The molecule has 0 saturated heterocycles. The highest BCUT2D eigenvalue weighted by Gasteiger charge is 2.20.